The number of aromatic nitrogens is 1. The van der Waals surface area contributed by atoms with Gasteiger partial charge in [0.1, 0.15) is 5.76 Å². The summed E-state index contributed by atoms with van der Waals surface area (Å²) in [5.41, 5.74) is 0. The van der Waals surface area contributed by atoms with E-state index >= 15 is 0 Å². The van der Waals surface area contributed by atoms with Crippen LogP contribution in [0.2, 0.25) is 0 Å². The van der Waals surface area contributed by atoms with Crippen molar-refractivity contribution in [2.24, 2.45) is 0 Å². The van der Waals surface area contributed by atoms with Crippen molar-refractivity contribution >= 4 is 11.6 Å². The fraction of sp³-hybridized carbons (Fsp3) is 0.222. The first-order valence-corrected chi connectivity index (χ1v) is 4.40. The summed E-state index contributed by atoms with van der Waals surface area (Å²) < 4.78 is 10.6. The fourth-order valence-corrected chi connectivity index (χ4v) is 1.18. The SMILES string of the molecule is Cc1ccc(-c2cnc(CCl)o2)o1. The van der Waals surface area contributed by atoms with Gasteiger partial charge in [0, 0.05) is 0 Å². The normalized spacial score (nSPS) is 10.6. The molecule has 0 spiro atoms. The van der Waals surface area contributed by atoms with Gasteiger partial charge in [-0.2, -0.15) is 0 Å². The second kappa shape index (κ2) is 3.26. The second-order valence-electron chi connectivity index (χ2n) is 2.66. The highest BCUT2D eigenvalue weighted by Crippen LogP contribution is 2.22. The fourth-order valence-electron chi connectivity index (χ4n) is 1.05. The van der Waals surface area contributed by atoms with Crippen LogP contribution in [0.25, 0.3) is 11.5 Å². The zero-order chi connectivity index (χ0) is 9.26. The summed E-state index contributed by atoms with van der Waals surface area (Å²) in [6.45, 7) is 1.88. The summed E-state index contributed by atoms with van der Waals surface area (Å²) in [6.07, 6.45) is 1.61. The number of hydrogen-bond acceptors (Lipinski definition) is 3. The largest absolute Gasteiger partial charge is 0.458 e. The lowest BCUT2D eigenvalue weighted by molar-refractivity contribution is 0.486. The van der Waals surface area contributed by atoms with Gasteiger partial charge in [0.15, 0.2) is 11.5 Å². The van der Waals surface area contributed by atoms with E-state index in [4.69, 9.17) is 20.4 Å². The van der Waals surface area contributed by atoms with Crippen LogP contribution >= 0.6 is 11.6 Å². The topological polar surface area (TPSA) is 39.2 Å². The number of alkyl halides is 1. The lowest BCUT2D eigenvalue weighted by atomic mass is 10.4. The summed E-state index contributed by atoms with van der Waals surface area (Å²) in [6, 6.07) is 3.71. The van der Waals surface area contributed by atoms with Crippen LogP contribution in [0.1, 0.15) is 11.7 Å². The third kappa shape index (κ3) is 1.60. The molecule has 0 bridgehead atoms. The van der Waals surface area contributed by atoms with Crippen molar-refractivity contribution in [1.82, 2.24) is 4.98 Å². The maximum atomic E-state index is 5.55. The van der Waals surface area contributed by atoms with Gasteiger partial charge in [0.2, 0.25) is 5.89 Å². The van der Waals surface area contributed by atoms with Gasteiger partial charge in [-0.05, 0) is 19.1 Å². The minimum absolute atomic E-state index is 0.277. The molecule has 0 unspecified atom stereocenters. The minimum Gasteiger partial charge on any atom is -0.458 e. The smallest absolute Gasteiger partial charge is 0.210 e. The molecule has 0 atom stereocenters. The van der Waals surface area contributed by atoms with Crippen LogP contribution in [-0.2, 0) is 5.88 Å². The summed E-state index contributed by atoms with van der Waals surface area (Å²) in [7, 11) is 0. The number of halogens is 1. The van der Waals surface area contributed by atoms with Crippen molar-refractivity contribution in [2.75, 3.05) is 0 Å². The van der Waals surface area contributed by atoms with E-state index in [-0.39, 0.29) is 5.88 Å². The Morgan fingerprint density at radius 1 is 1.31 bits per heavy atom. The van der Waals surface area contributed by atoms with E-state index < -0.39 is 0 Å². The van der Waals surface area contributed by atoms with Crippen molar-refractivity contribution in [2.45, 2.75) is 12.8 Å². The molecule has 0 aliphatic rings. The maximum Gasteiger partial charge on any atom is 0.210 e. The zero-order valence-electron chi connectivity index (χ0n) is 7.08. The summed E-state index contributed by atoms with van der Waals surface area (Å²) in [5.74, 6) is 2.93. The van der Waals surface area contributed by atoms with E-state index in [9.17, 15) is 0 Å². The van der Waals surface area contributed by atoms with Crippen molar-refractivity contribution in [3.63, 3.8) is 0 Å². The number of furan rings is 1. The standard InChI is InChI=1S/C9H8ClNO2/c1-6-2-3-7(12-6)8-5-11-9(4-10)13-8/h2-3,5H,4H2,1H3. The van der Waals surface area contributed by atoms with Crippen LogP contribution in [0.5, 0.6) is 0 Å². The minimum atomic E-state index is 0.277. The van der Waals surface area contributed by atoms with Crippen molar-refractivity contribution in [1.29, 1.82) is 0 Å². The molecule has 2 rings (SSSR count). The van der Waals surface area contributed by atoms with Crippen molar-refractivity contribution in [3.05, 3.63) is 30.0 Å². The molecule has 0 fully saturated rings. The van der Waals surface area contributed by atoms with Crippen molar-refractivity contribution in [3.8, 4) is 11.5 Å². The van der Waals surface area contributed by atoms with Gasteiger partial charge in [-0.25, -0.2) is 4.98 Å². The third-order valence-corrected chi connectivity index (χ3v) is 1.88. The number of aryl methyl sites for hydroxylation is 1. The van der Waals surface area contributed by atoms with Crippen LogP contribution in [0.4, 0.5) is 0 Å². The molecule has 0 N–H and O–H groups in total. The Morgan fingerprint density at radius 2 is 2.15 bits per heavy atom. The van der Waals surface area contributed by atoms with E-state index in [1.807, 2.05) is 19.1 Å². The Labute approximate surface area is 80.3 Å². The van der Waals surface area contributed by atoms with Gasteiger partial charge in [-0.3, -0.25) is 0 Å². The van der Waals surface area contributed by atoms with Crippen LogP contribution in [0.3, 0.4) is 0 Å². The average molecular weight is 198 g/mol. The molecular weight excluding hydrogens is 190 g/mol. The quantitative estimate of drug-likeness (QED) is 0.695. The third-order valence-electron chi connectivity index (χ3n) is 1.65. The van der Waals surface area contributed by atoms with Gasteiger partial charge in [0.25, 0.3) is 0 Å². The lowest BCUT2D eigenvalue weighted by Gasteiger charge is -1.87. The molecule has 0 saturated carbocycles. The Kier molecular flexibility index (Phi) is 2.10. The number of hydrogen-bond donors (Lipinski definition) is 0. The Hall–Kier alpha value is -1.22. The molecule has 4 heteroatoms. The van der Waals surface area contributed by atoms with Crippen molar-refractivity contribution < 1.29 is 8.83 Å². The van der Waals surface area contributed by atoms with E-state index in [1.165, 1.54) is 0 Å². The van der Waals surface area contributed by atoms with Crippen LogP contribution in [0.15, 0.2) is 27.2 Å². The summed E-state index contributed by atoms with van der Waals surface area (Å²) in [5, 5.41) is 0. The second-order valence-corrected chi connectivity index (χ2v) is 2.93. The molecule has 2 aromatic rings. The summed E-state index contributed by atoms with van der Waals surface area (Å²) >= 11 is 5.55. The molecule has 2 heterocycles. The highest BCUT2D eigenvalue weighted by Gasteiger charge is 2.08. The molecule has 0 amide bonds. The first kappa shape index (κ1) is 8.38. The first-order valence-electron chi connectivity index (χ1n) is 3.87. The molecule has 0 radical (unpaired) electrons. The molecule has 0 saturated heterocycles. The van der Waals surface area contributed by atoms with E-state index in [0.717, 1.165) is 5.76 Å². The van der Waals surface area contributed by atoms with Crippen LogP contribution in [-0.4, -0.2) is 4.98 Å². The first-order chi connectivity index (χ1) is 6.29. The Morgan fingerprint density at radius 3 is 2.69 bits per heavy atom. The molecule has 68 valence electrons. The molecular formula is C9H8ClNO2. The van der Waals surface area contributed by atoms with Gasteiger partial charge in [0.05, 0.1) is 12.1 Å². The predicted molar refractivity (Wildman–Crippen MR) is 48.5 cm³/mol. The zero-order valence-corrected chi connectivity index (χ0v) is 7.84. The van der Waals surface area contributed by atoms with Gasteiger partial charge in [-0.15, -0.1) is 11.6 Å². The summed E-state index contributed by atoms with van der Waals surface area (Å²) in [4.78, 5) is 3.96. The molecule has 13 heavy (non-hydrogen) atoms. The van der Waals surface area contributed by atoms with Gasteiger partial charge >= 0.3 is 0 Å². The highest BCUT2D eigenvalue weighted by atomic mass is 35.5. The van der Waals surface area contributed by atoms with E-state index in [2.05, 4.69) is 4.98 Å². The monoisotopic (exact) mass is 197 g/mol. The molecule has 0 aliphatic carbocycles. The van der Waals surface area contributed by atoms with E-state index in [1.54, 1.807) is 6.20 Å². The highest BCUT2D eigenvalue weighted by molar-refractivity contribution is 6.16. The number of nitrogens with zero attached hydrogens (tertiary/aromatic N) is 1. The van der Waals surface area contributed by atoms with E-state index in [0.29, 0.717) is 17.4 Å². The number of rotatable bonds is 2. The number of oxazole rings is 1. The Bertz CT molecular complexity index is 405. The van der Waals surface area contributed by atoms with Crippen LogP contribution < -0.4 is 0 Å². The average Bonchev–Trinajstić information content (AvgIpc) is 2.71. The van der Waals surface area contributed by atoms with Gasteiger partial charge in [-0.1, -0.05) is 0 Å². The predicted octanol–water partition coefficient (Wildman–Crippen LogP) is 2.98. The molecule has 2 aromatic heterocycles. The maximum absolute atomic E-state index is 5.55. The molecule has 0 aliphatic heterocycles. The van der Waals surface area contributed by atoms with Crippen LogP contribution in [0, 0.1) is 6.92 Å². The molecule has 0 aromatic carbocycles. The lowest BCUT2D eigenvalue weighted by Crippen LogP contribution is -1.70. The molecule has 3 nitrogen and oxygen atoms in total. The van der Waals surface area contributed by atoms with Gasteiger partial charge < -0.3 is 8.83 Å². The Balaban J connectivity index is 2.35.